The third kappa shape index (κ3) is 10.0. The van der Waals surface area contributed by atoms with Crippen LogP contribution in [0.1, 0.15) is 30.4 Å². The molecule has 4 N–H and O–H groups in total. The molecule has 2 aromatic rings. The van der Waals surface area contributed by atoms with E-state index in [-0.39, 0.29) is 79.7 Å². The molecule has 0 saturated carbocycles. The number of alkyl carbamates (subject to hydrolysis) is 1. The minimum atomic E-state index is -0.922. The van der Waals surface area contributed by atoms with Gasteiger partial charge >= 0.3 is 12.2 Å². The number of nitrogens with one attached hydrogen (secondary N) is 4. The summed E-state index contributed by atoms with van der Waals surface area (Å²) in [7, 11) is 0. The second-order valence-corrected chi connectivity index (χ2v) is 11.8. The molecule has 0 radical (unpaired) electrons. The summed E-state index contributed by atoms with van der Waals surface area (Å²) < 4.78 is 10.4. The number of thiol groups is 1. The summed E-state index contributed by atoms with van der Waals surface area (Å²) in [6.07, 6.45) is -0.806. The fraction of sp³-hybridized carbons (Fsp3) is 0.414. The van der Waals surface area contributed by atoms with E-state index in [1.807, 2.05) is 0 Å². The first-order chi connectivity index (χ1) is 22.9. The molecule has 18 nitrogen and oxygen atoms in total. The molecule has 3 atom stereocenters. The summed E-state index contributed by atoms with van der Waals surface area (Å²) in [5.41, 5.74) is 0.891. The van der Waals surface area contributed by atoms with Crippen LogP contribution in [0.25, 0.3) is 0 Å². The lowest BCUT2D eigenvalue weighted by molar-refractivity contribution is -0.385. The molecule has 2 heterocycles. The van der Waals surface area contributed by atoms with Gasteiger partial charge in [0.05, 0.1) is 9.85 Å². The molecule has 2 fully saturated rings. The number of carbonyl (C=O) groups is 4. The number of nitro benzene ring substituents is 2. The van der Waals surface area contributed by atoms with Crippen molar-refractivity contribution >= 4 is 54.0 Å². The van der Waals surface area contributed by atoms with Crippen molar-refractivity contribution in [3.05, 3.63) is 79.9 Å². The van der Waals surface area contributed by atoms with Crippen molar-refractivity contribution in [3.8, 4) is 0 Å². The number of benzene rings is 2. The molecule has 0 aromatic heterocycles. The highest BCUT2D eigenvalue weighted by molar-refractivity contribution is 7.81. The van der Waals surface area contributed by atoms with E-state index < -0.39 is 28.1 Å². The highest BCUT2D eigenvalue weighted by Gasteiger charge is 2.42. The Hall–Kier alpha value is -5.46. The molecule has 2 aliphatic rings. The Morgan fingerprint density at radius 1 is 0.917 bits per heavy atom. The summed E-state index contributed by atoms with van der Waals surface area (Å²) in [4.78, 5) is 74.1. The Labute approximate surface area is 279 Å². The van der Waals surface area contributed by atoms with Crippen LogP contribution in [0.4, 0.5) is 21.0 Å². The SMILES string of the molecule is N=C(NCCC(=O)N[C@H]1CCN(C(=O)[C@@H]2C[C@H](S)CN2C(=O)OCc2ccc([N+](=O)[O-])cc2)C1)NC(=O)OCc1ccc([N+](=O)[O-])cc1. The predicted molar refractivity (Wildman–Crippen MR) is 171 cm³/mol. The topological polar surface area (TPSA) is 239 Å². The largest absolute Gasteiger partial charge is 0.445 e. The van der Waals surface area contributed by atoms with Crippen molar-refractivity contribution in [1.29, 1.82) is 5.41 Å². The lowest BCUT2D eigenvalue weighted by atomic mass is 10.2. The van der Waals surface area contributed by atoms with Crippen LogP contribution in [0, 0.1) is 25.6 Å². The quantitative estimate of drug-likeness (QED) is 0.0754. The first-order valence-corrected chi connectivity index (χ1v) is 15.3. The molecule has 0 spiro atoms. The summed E-state index contributed by atoms with van der Waals surface area (Å²) >= 11 is 4.46. The Bertz CT molecular complexity index is 1540. The highest BCUT2D eigenvalue weighted by Crippen LogP contribution is 2.26. The van der Waals surface area contributed by atoms with E-state index >= 15 is 0 Å². The molecular formula is C29H34N8O10S. The molecule has 2 aromatic carbocycles. The highest BCUT2D eigenvalue weighted by atomic mass is 32.1. The molecular weight excluding hydrogens is 652 g/mol. The number of hydrogen-bond donors (Lipinski definition) is 5. The van der Waals surface area contributed by atoms with Gasteiger partial charge in [-0.1, -0.05) is 0 Å². The normalized spacial score (nSPS) is 18.5. The summed E-state index contributed by atoms with van der Waals surface area (Å²) in [5, 5.41) is 36.7. The molecule has 2 saturated heterocycles. The molecule has 0 aliphatic carbocycles. The van der Waals surface area contributed by atoms with Gasteiger partial charge in [0.25, 0.3) is 11.4 Å². The van der Waals surface area contributed by atoms with Crippen molar-refractivity contribution in [2.24, 2.45) is 0 Å². The molecule has 19 heteroatoms. The lowest BCUT2D eigenvalue weighted by Gasteiger charge is -2.27. The van der Waals surface area contributed by atoms with Crippen LogP contribution in [-0.4, -0.2) is 93.1 Å². The van der Waals surface area contributed by atoms with Gasteiger partial charge in [0.15, 0.2) is 5.96 Å². The molecule has 0 bridgehead atoms. The molecule has 4 amide bonds. The number of guanidine groups is 1. The van der Waals surface area contributed by atoms with Gasteiger partial charge in [-0.05, 0) is 48.2 Å². The van der Waals surface area contributed by atoms with Crippen molar-refractivity contribution < 1.29 is 38.5 Å². The molecule has 256 valence electrons. The van der Waals surface area contributed by atoms with E-state index in [1.54, 1.807) is 4.90 Å². The van der Waals surface area contributed by atoms with Crippen LogP contribution in [0.5, 0.6) is 0 Å². The number of amides is 4. The van der Waals surface area contributed by atoms with Crippen LogP contribution in [-0.2, 0) is 32.3 Å². The van der Waals surface area contributed by atoms with Gasteiger partial charge in [-0.25, -0.2) is 9.59 Å². The number of ether oxygens (including phenoxy) is 2. The van der Waals surface area contributed by atoms with Gasteiger partial charge in [0, 0.05) is 68.2 Å². The van der Waals surface area contributed by atoms with Crippen LogP contribution in [0.3, 0.4) is 0 Å². The number of hydrogen-bond acceptors (Lipinski definition) is 12. The van der Waals surface area contributed by atoms with E-state index in [1.165, 1.54) is 53.4 Å². The first kappa shape index (κ1) is 35.4. The van der Waals surface area contributed by atoms with E-state index in [0.29, 0.717) is 30.5 Å². The third-order valence-corrected chi connectivity index (χ3v) is 7.95. The third-order valence-electron chi connectivity index (χ3n) is 7.57. The second-order valence-electron chi connectivity index (χ2n) is 11.0. The number of rotatable bonds is 11. The van der Waals surface area contributed by atoms with Crippen molar-refractivity contribution in [3.63, 3.8) is 0 Å². The predicted octanol–water partition coefficient (Wildman–Crippen LogP) is 2.07. The maximum absolute atomic E-state index is 13.4. The number of nitro groups is 2. The summed E-state index contributed by atoms with van der Waals surface area (Å²) in [6.45, 7) is 0.574. The average Bonchev–Trinajstić information content (AvgIpc) is 3.69. The van der Waals surface area contributed by atoms with Gasteiger partial charge in [-0.2, -0.15) is 12.6 Å². The second kappa shape index (κ2) is 16.4. The van der Waals surface area contributed by atoms with Crippen LogP contribution < -0.4 is 16.0 Å². The van der Waals surface area contributed by atoms with E-state index in [0.717, 1.165) is 0 Å². The van der Waals surface area contributed by atoms with Gasteiger partial charge in [0.1, 0.15) is 19.3 Å². The van der Waals surface area contributed by atoms with Crippen LogP contribution >= 0.6 is 12.6 Å². The van der Waals surface area contributed by atoms with Crippen molar-refractivity contribution in [2.75, 3.05) is 26.2 Å². The fourth-order valence-electron chi connectivity index (χ4n) is 5.13. The molecule has 0 unspecified atom stereocenters. The Morgan fingerprint density at radius 2 is 1.50 bits per heavy atom. The van der Waals surface area contributed by atoms with E-state index in [2.05, 4.69) is 28.6 Å². The number of non-ortho nitro benzene ring substituents is 2. The monoisotopic (exact) mass is 686 g/mol. The fourth-order valence-corrected chi connectivity index (χ4v) is 5.50. The first-order valence-electron chi connectivity index (χ1n) is 14.8. The Balaban J connectivity index is 1.14. The van der Waals surface area contributed by atoms with Gasteiger partial charge in [-0.3, -0.25) is 45.4 Å². The molecule has 4 rings (SSSR count). The smallest absolute Gasteiger partial charge is 0.414 e. The van der Waals surface area contributed by atoms with Crippen LogP contribution in [0.15, 0.2) is 48.5 Å². The van der Waals surface area contributed by atoms with Crippen molar-refractivity contribution in [2.45, 2.75) is 49.8 Å². The van der Waals surface area contributed by atoms with Crippen LogP contribution in [0.2, 0.25) is 0 Å². The minimum absolute atomic E-state index is 0.0231. The molecule has 2 aliphatic heterocycles. The van der Waals surface area contributed by atoms with Gasteiger partial charge < -0.3 is 25.0 Å². The zero-order chi connectivity index (χ0) is 34.8. The zero-order valence-corrected chi connectivity index (χ0v) is 26.4. The number of nitrogens with zero attached hydrogens (tertiary/aromatic N) is 4. The van der Waals surface area contributed by atoms with Crippen molar-refractivity contribution in [1.82, 2.24) is 25.8 Å². The standard InChI is InChI=1S/C29H34N8O10S/c30-27(33-28(40)46-16-18-1-5-21(6-2-18)36(42)43)31-11-9-25(38)32-20-10-12-34(14-20)26(39)24-13-23(48)15-35(24)29(41)47-17-19-3-7-22(8-4-19)37(44)45/h1-8,20,23-24,48H,9-17H2,(H,32,38)(H3,30,31,33,40)/t20-,23-,24-/m0/s1. The molecule has 48 heavy (non-hydrogen) atoms. The lowest BCUT2D eigenvalue weighted by Crippen LogP contribution is -2.48. The van der Waals surface area contributed by atoms with Gasteiger partial charge in [0.2, 0.25) is 11.8 Å². The van der Waals surface area contributed by atoms with Gasteiger partial charge in [-0.15, -0.1) is 0 Å². The maximum Gasteiger partial charge on any atom is 0.414 e. The maximum atomic E-state index is 13.4. The van der Waals surface area contributed by atoms with E-state index in [4.69, 9.17) is 14.9 Å². The van der Waals surface area contributed by atoms with E-state index in [9.17, 15) is 39.4 Å². The summed E-state index contributed by atoms with van der Waals surface area (Å²) in [6, 6.07) is 9.94. The zero-order valence-electron chi connectivity index (χ0n) is 25.5. The average molecular weight is 687 g/mol. The minimum Gasteiger partial charge on any atom is -0.445 e. The number of likely N-dealkylation sites (tertiary alicyclic amines) is 2. The number of carbonyl (C=O) groups excluding carboxylic acids is 4. The Morgan fingerprint density at radius 3 is 2.08 bits per heavy atom. The Kier molecular flexibility index (Phi) is 12.1. The summed E-state index contributed by atoms with van der Waals surface area (Å²) in [5.74, 6) is -0.996.